The molecule has 1 aromatic heterocycles. The largest absolute Gasteiger partial charge is 0.405 e. The average Bonchev–Trinajstić information content (AvgIpc) is 2.32. The molecular weight excluding hydrogens is 179 g/mol. The fraction of sp³-hybridized carbons (Fsp3) is 0.500. The third-order valence-corrected chi connectivity index (χ3v) is 1.45. The van der Waals surface area contributed by atoms with Gasteiger partial charge in [-0.2, -0.15) is 13.2 Å². The maximum absolute atomic E-state index is 11.5. The van der Waals surface area contributed by atoms with E-state index in [1.807, 2.05) is 0 Å². The van der Waals surface area contributed by atoms with Crippen molar-refractivity contribution in [2.24, 2.45) is 0 Å². The van der Waals surface area contributed by atoms with Gasteiger partial charge in [0.05, 0.1) is 0 Å². The summed E-state index contributed by atoms with van der Waals surface area (Å²) in [6.07, 6.45) is -4.20. The minimum Gasteiger partial charge on any atom is -0.351 e. The van der Waals surface area contributed by atoms with Gasteiger partial charge in [-0.05, 0) is 0 Å². The SMILES string of the molecule is FC(F)(F)CNc1nncs1. The molecule has 0 aliphatic carbocycles. The Bertz CT molecular complexity index is 207. The van der Waals surface area contributed by atoms with Crippen LogP contribution in [0.1, 0.15) is 0 Å². The summed E-state index contributed by atoms with van der Waals surface area (Å²) in [6, 6.07) is 0. The summed E-state index contributed by atoms with van der Waals surface area (Å²) in [4.78, 5) is 0. The first kappa shape index (κ1) is 8.25. The van der Waals surface area contributed by atoms with Crippen LogP contribution in [0.25, 0.3) is 0 Å². The third-order valence-electron chi connectivity index (χ3n) is 0.800. The predicted molar refractivity (Wildman–Crippen MR) is 34.5 cm³/mol. The fourth-order valence-corrected chi connectivity index (χ4v) is 0.870. The third kappa shape index (κ3) is 3.17. The first-order chi connectivity index (χ1) is 5.08. The number of halogens is 3. The predicted octanol–water partition coefficient (Wildman–Crippen LogP) is 1.51. The van der Waals surface area contributed by atoms with Crippen LogP contribution in [-0.4, -0.2) is 22.9 Å². The van der Waals surface area contributed by atoms with Crippen molar-refractivity contribution >= 4 is 16.5 Å². The van der Waals surface area contributed by atoms with Crippen LogP contribution in [-0.2, 0) is 0 Å². The Kier molecular flexibility index (Phi) is 2.28. The first-order valence-corrected chi connectivity index (χ1v) is 3.53. The topological polar surface area (TPSA) is 37.8 Å². The summed E-state index contributed by atoms with van der Waals surface area (Å²) in [5.74, 6) is 0. The van der Waals surface area contributed by atoms with Crippen molar-refractivity contribution in [3.63, 3.8) is 0 Å². The molecule has 0 saturated carbocycles. The molecule has 0 fully saturated rings. The number of rotatable bonds is 2. The molecule has 1 rings (SSSR count). The lowest BCUT2D eigenvalue weighted by Gasteiger charge is -2.04. The maximum Gasteiger partial charge on any atom is 0.405 e. The highest BCUT2D eigenvalue weighted by molar-refractivity contribution is 7.13. The quantitative estimate of drug-likeness (QED) is 0.755. The minimum absolute atomic E-state index is 0.183. The summed E-state index contributed by atoms with van der Waals surface area (Å²) in [7, 11) is 0. The number of nitrogens with zero attached hydrogens (tertiary/aromatic N) is 2. The lowest BCUT2D eigenvalue weighted by atomic mass is 10.6. The van der Waals surface area contributed by atoms with E-state index in [-0.39, 0.29) is 5.13 Å². The maximum atomic E-state index is 11.5. The van der Waals surface area contributed by atoms with Crippen LogP contribution in [0.15, 0.2) is 5.51 Å². The highest BCUT2D eigenvalue weighted by Gasteiger charge is 2.26. The van der Waals surface area contributed by atoms with Crippen molar-refractivity contribution < 1.29 is 13.2 Å². The molecule has 11 heavy (non-hydrogen) atoms. The minimum atomic E-state index is -4.20. The van der Waals surface area contributed by atoms with Crippen LogP contribution in [0.3, 0.4) is 0 Å². The summed E-state index contributed by atoms with van der Waals surface area (Å²) in [6.45, 7) is -1.07. The van der Waals surface area contributed by atoms with E-state index in [4.69, 9.17) is 0 Å². The van der Waals surface area contributed by atoms with Crippen molar-refractivity contribution in [2.45, 2.75) is 6.18 Å². The Hall–Kier alpha value is -0.850. The number of alkyl halides is 3. The number of aromatic nitrogens is 2. The summed E-state index contributed by atoms with van der Waals surface area (Å²) in [5, 5.41) is 9.01. The molecule has 0 aliphatic heterocycles. The van der Waals surface area contributed by atoms with Crippen molar-refractivity contribution in [1.29, 1.82) is 0 Å². The molecule has 0 radical (unpaired) electrons. The molecule has 3 nitrogen and oxygen atoms in total. The van der Waals surface area contributed by atoms with Crippen LogP contribution in [0.5, 0.6) is 0 Å². The van der Waals surface area contributed by atoms with E-state index in [2.05, 4.69) is 15.5 Å². The Balaban J connectivity index is 2.35. The van der Waals surface area contributed by atoms with E-state index in [0.717, 1.165) is 11.3 Å². The normalized spacial score (nSPS) is 11.5. The van der Waals surface area contributed by atoms with E-state index < -0.39 is 12.7 Å². The molecule has 0 spiro atoms. The zero-order valence-corrected chi connectivity index (χ0v) is 6.04. The Morgan fingerprint density at radius 1 is 1.55 bits per heavy atom. The van der Waals surface area contributed by atoms with Gasteiger partial charge in [-0.25, -0.2) is 0 Å². The molecule has 0 aliphatic rings. The summed E-state index contributed by atoms with van der Waals surface area (Å²) < 4.78 is 34.6. The lowest BCUT2D eigenvalue weighted by Crippen LogP contribution is -2.21. The van der Waals surface area contributed by atoms with E-state index in [1.54, 1.807) is 0 Å². The molecule has 0 aromatic carbocycles. The average molecular weight is 183 g/mol. The second kappa shape index (κ2) is 3.04. The molecule has 1 aromatic rings. The van der Waals surface area contributed by atoms with Crippen LogP contribution in [0.2, 0.25) is 0 Å². The molecule has 0 unspecified atom stereocenters. The van der Waals surface area contributed by atoms with Gasteiger partial charge >= 0.3 is 6.18 Å². The van der Waals surface area contributed by atoms with Crippen LogP contribution in [0, 0.1) is 0 Å². The van der Waals surface area contributed by atoms with Gasteiger partial charge in [0.15, 0.2) is 0 Å². The van der Waals surface area contributed by atoms with Gasteiger partial charge in [0.25, 0.3) is 0 Å². The van der Waals surface area contributed by atoms with Crippen LogP contribution >= 0.6 is 11.3 Å². The molecule has 0 amide bonds. The van der Waals surface area contributed by atoms with Gasteiger partial charge < -0.3 is 5.32 Å². The van der Waals surface area contributed by atoms with Gasteiger partial charge in [0, 0.05) is 0 Å². The molecule has 0 bridgehead atoms. The van der Waals surface area contributed by atoms with E-state index >= 15 is 0 Å². The van der Waals surface area contributed by atoms with Crippen LogP contribution < -0.4 is 5.32 Å². The van der Waals surface area contributed by atoms with Gasteiger partial charge in [0.1, 0.15) is 12.1 Å². The lowest BCUT2D eigenvalue weighted by molar-refractivity contribution is -0.115. The van der Waals surface area contributed by atoms with Crippen molar-refractivity contribution in [1.82, 2.24) is 10.2 Å². The monoisotopic (exact) mass is 183 g/mol. The molecule has 1 heterocycles. The van der Waals surface area contributed by atoms with Crippen molar-refractivity contribution in [3.8, 4) is 0 Å². The molecule has 0 saturated heterocycles. The highest BCUT2D eigenvalue weighted by Crippen LogP contribution is 2.16. The van der Waals surface area contributed by atoms with Gasteiger partial charge in [0.2, 0.25) is 5.13 Å². The molecule has 62 valence electrons. The second-order valence-corrected chi connectivity index (χ2v) is 2.55. The second-order valence-electron chi connectivity index (χ2n) is 1.71. The van der Waals surface area contributed by atoms with E-state index in [1.165, 1.54) is 5.51 Å². The number of hydrogen-bond acceptors (Lipinski definition) is 4. The standard InChI is InChI=1S/C4H4F3N3S/c5-4(6,7)1-8-3-10-9-2-11-3/h2H,1H2,(H,8,10). The Morgan fingerprint density at radius 2 is 2.27 bits per heavy atom. The number of hydrogen-bond donors (Lipinski definition) is 1. The van der Waals surface area contributed by atoms with E-state index in [9.17, 15) is 13.2 Å². The van der Waals surface area contributed by atoms with Gasteiger partial charge in [-0.15, -0.1) is 10.2 Å². The molecule has 0 atom stereocenters. The number of nitrogens with one attached hydrogen (secondary N) is 1. The summed E-state index contributed by atoms with van der Waals surface area (Å²) in [5.41, 5.74) is 1.36. The Morgan fingerprint density at radius 3 is 2.73 bits per heavy atom. The van der Waals surface area contributed by atoms with Crippen LogP contribution in [0.4, 0.5) is 18.3 Å². The van der Waals surface area contributed by atoms with Crippen molar-refractivity contribution in [3.05, 3.63) is 5.51 Å². The number of anilines is 1. The first-order valence-electron chi connectivity index (χ1n) is 2.65. The van der Waals surface area contributed by atoms with E-state index in [0.29, 0.717) is 0 Å². The fourth-order valence-electron chi connectivity index (χ4n) is 0.426. The molecular formula is C4H4F3N3S. The van der Waals surface area contributed by atoms with Crippen molar-refractivity contribution in [2.75, 3.05) is 11.9 Å². The zero-order valence-electron chi connectivity index (χ0n) is 5.22. The zero-order chi connectivity index (χ0) is 8.32. The highest BCUT2D eigenvalue weighted by atomic mass is 32.1. The molecule has 7 heteroatoms. The van der Waals surface area contributed by atoms with Gasteiger partial charge in [-0.1, -0.05) is 11.3 Å². The summed E-state index contributed by atoms with van der Waals surface area (Å²) >= 11 is 1.03. The Labute approximate surface area is 64.3 Å². The smallest absolute Gasteiger partial charge is 0.351 e. The molecule has 1 N–H and O–H groups in total. The van der Waals surface area contributed by atoms with Gasteiger partial charge in [-0.3, -0.25) is 0 Å².